The van der Waals surface area contributed by atoms with E-state index >= 15 is 0 Å². The number of ether oxygens (including phenoxy) is 1. The molecule has 0 bridgehead atoms. The van der Waals surface area contributed by atoms with Crippen LogP contribution in [0.15, 0.2) is 54.7 Å². The van der Waals surface area contributed by atoms with Crippen molar-refractivity contribution in [3.8, 4) is 5.75 Å². The second-order valence-corrected chi connectivity index (χ2v) is 9.86. The first-order valence-electron chi connectivity index (χ1n) is 11.9. The first-order chi connectivity index (χ1) is 16.6. The van der Waals surface area contributed by atoms with E-state index in [1.807, 2.05) is 45.0 Å². The fraction of sp³-hybridized carbons (Fsp3) is 0.407. The maximum absolute atomic E-state index is 13.8. The number of alkyl halides is 3. The van der Waals surface area contributed by atoms with Crippen molar-refractivity contribution in [2.24, 2.45) is 0 Å². The van der Waals surface area contributed by atoms with Gasteiger partial charge in [0.05, 0.1) is 0 Å². The van der Waals surface area contributed by atoms with Crippen LogP contribution in [-0.2, 0) is 6.18 Å². The quantitative estimate of drug-likeness (QED) is 0.369. The van der Waals surface area contributed by atoms with Crippen LogP contribution >= 0.6 is 0 Å². The number of nitrogens with zero attached hydrogens (tertiary/aromatic N) is 2. The van der Waals surface area contributed by atoms with Crippen LogP contribution in [0, 0.1) is 0 Å². The molecule has 0 radical (unpaired) electrons. The Morgan fingerprint density at radius 2 is 1.57 bits per heavy atom. The molecule has 2 aromatic carbocycles. The van der Waals surface area contributed by atoms with Gasteiger partial charge >= 0.3 is 6.18 Å². The number of hydrogen-bond acceptors (Lipinski definition) is 5. The highest BCUT2D eigenvalue weighted by atomic mass is 19.4. The number of aromatic nitrogens is 2. The summed E-state index contributed by atoms with van der Waals surface area (Å²) in [5.74, 6) is 0.819. The fourth-order valence-electron chi connectivity index (χ4n) is 4.34. The van der Waals surface area contributed by atoms with Gasteiger partial charge in [0.2, 0.25) is 5.95 Å². The van der Waals surface area contributed by atoms with Crippen LogP contribution in [0.4, 0.5) is 36.3 Å². The molecule has 8 heteroatoms. The Morgan fingerprint density at radius 3 is 2.23 bits per heavy atom. The van der Waals surface area contributed by atoms with E-state index in [2.05, 4.69) is 20.6 Å². The largest absolute Gasteiger partial charge is 0.488 e. The van der Waals surface area contributed by atoms with Crippen molar-refractivity contribution in [3.05, 3.63) is 65.9 Å². The molecule has 186 valence electrons. The van der Waals surface area contributed by atoms with Crippen molar-refractivity contribution in [3.63, 3.8) is 0 Å². The standard InChI is InChI=1S/C27H31F3N4O/c1-26(2,3)35-20-15-13-19(14-16-20)32-25-31-17-22(27(28,29)30)24(34-25)33-23-12-8-7-11-21(23)18-9-5-4-6-10-18/h7-8,11-18H,4-6,9-10H2,1-3H3,(H2,31,32,33,34). The average Bonchev–Trinajstić information content (AvgIpc) is 2.80. The third-order valence-electron chi connectivity index (χ3n) is 5.89. The van der Waals surface area contributed by atoms with Crippen LogP contribution in [0.1, 0.15) is 69.9 Å². The average molecular weight is 485 g/mol. The number of rotatable bonds is 6. The maximum Gasteiger partial charge on any atom is 0.421 e. The second kappa shape index (κ2) is 10.1. The molecule has 5 nitrogen and oxygen atoms in total. The summed E-state index contributed by atoms with van der Waals surface area (Å²) in [4.78, 5) is 8.14. The summed E-state index contributed by atoms with van der Waals surface area (Å²) in [7, 11) is 0. The molecule has 1 aliphatic carbocycles. The minimum Gasteiger partial charge on any atom is -0.488 e. The van der Waals surface area contributed by atoms with Crippen molar-refractivity contribution >= 4 is 23.1 Å². The first-order valence-corrected chi connectivity index (χ1v) is 11.9. The van der Waals surface area contributed by atoms with Gasteiger partial charge in [-0.1, -0.05) is 37.5 Å². The molecule has 3 aromatic rings. The van der Waals surface area contributed by atoms with E-state index in [0.29, 0.717) is 23.0 Å². The van der Waals surface area contributed by atoms with Crippen molar-refractivity contribution in [2.75, 3.05) is 10.6 Å². The summed E-state index contributed by atoms with van der Waals surface area (Å²) < 4.78 is 47.2. The Morgan fingerprint density at radius 1 is 0.886 bits per heavy atom. The molecule has 0 spiro atoms. The Balaban J connectivity index is 1.60. The number of benzene rings is 2. The lowest BCUT2D eigenvalue weighted by molar-refractivity contribution is -0.137. The van der Waals surface area contributed by atoms with E-state index in [-0.39, 0.29) is 17.4 Å². The zero-order chi connectivity index (χ0) is 25.1. The molecular weight excluding hydrogens is 453 g/mol. The molecule has 0 aliphatic heterocycles. The van der Waals surface area contributed by atoms with Crippen LogP contribution < -0.4 is 15.4 Å². The summed E-state index contributed by atoms with van der Waals surface area (Å²) in [6, 6.07) is 14.7. The third kappa shape index (κ3) is 6.65. The molecule has 1 aliphatic rings. The summed E-state index contributed by atoms with van der Waals surface area (Å²) >= 11 is 0. The molecule has 4 rings (SSSR count). The molecule has 0 atom stereocenters. The van der Waals surface area contributed by atoms with Crippen molar-refractivity contribution in [2.45, 2.75) is 70.6 Å². The molecule has 1 saturated carbocycles. The van der Waals surface area contributed by atoms with Crippen LogP contribution in [-0.4, -0.2) is 15.6 Å². The van der Waals surface area contributed by atoms with Gasteiger partial charge in [0.1, 0.15) is 22.7 Å². The smallest absolute Gasteiger partial charge is 0.421 e. The summed E-state index contributed by atoms with van der Waals surface area (Å²) in [6.45, 7) is 5.86. The zero-order valence-corrected chi connectivity index (χ0v) is 20.2. The van der Waals surface area contributed by atoms with Gasteiger partial charge in [0.15, 0.2) is 0 Å². The minimum absolute atomic E-state index is 0.0696. The Hall–Kier alpha value is -3.29. The van der Waals surface area contributed by atoms with Gasteiger partial charge in [-0.15, -0.1) is 0 Å². The predicted octanol–water partition coefficient (Wildman–Crippen LogP) is 8.21. The van der Waals surface area contributed by atoms with Crippen LogP contribution in [0.2, 0.25) is 0 Å². The molecule has 1 fully saturated rings. The van der Waals surface area contributed by atoms with Gasteiger partial charge < -0.3 is 15.4 Å². The second-order valence-electron chi connectivity index (χ2n) is 9.86. The molecule has 1 aromatic heterocycles. The predicted molar refractivity (Wildman–Crippen MR) is 133 cm³/mol. The summed E-state index contributed by atoms with van der Waals surface area (Å²) in [6.07, 6.45) is 1.77. The van der Waals surface area contributed by atoms with Crippen molar-refractivity contribution in [1.82, 2.24) is 9.97 Å². The van der Waals surface area contributed by atoms with E-state index < -0.39 is 11.7 Å². The molecule has 0 unspecified atom stereocenters. The number of nitrogens with one attached hydrogen (secondary N) is 2. The third-order valence-corrected chi connectivity index (χ3v) is 5.89. The highest BCUT2D eigenvalue weighted by molar-refractivity contribution is 5.66. The van der Waals surface area contributed by atoms with Crippen LogP contribution in [0.3, 0.4) is 0 Å². The van der Waals surface area contributed by atoms with E-state index in [0.717, 1.165) is 37.4 Å². The number of halogens is 3. The topological polar surface area (TPSA) is 59.1 Å². The van der Waals surface area contributed by atoms with Gasteiger partial charge in [0.25, 0.3) is 0 Å². The van der Waals surface area contributed by atoms with E-state index in [9.17, 15) is 13.2 Å². The molecule has 1 heterocycles. The lowest BCUT2D eigenvalue weighted by atomic mass is 9.83. The van der Waals surface area contributed by atoms with Gasteiger partial charge in [-0.3, -0.25) is 0 Å². The van der Waals surface area contributed by atoms with E-state index in [1.54, 1.807) is 24.3 Å². The van der Waals surface area contributed by atoms with Crippen LogP contribution in [0.5, 0.6) is 5.75 Å². The number of para-hydroxylation sites is 1. The van der Waals surface area contributed by atoms with Gasteiger partial charge in [-0.2, -0.15) is 18.2 Å². The summed E-state index contributed by atoms with van der Waals surface area (Å²) in [5.41, 5.74) is 1.08. The highest BCUT2D eigenvalue weighted by Crippen LogP contribution is 2.40. The number of anilines is 4. The van der Waals surface area contributed by atoms with Gasteiger partial charge in [-0.25, -0.2) is 4.98 Å². The van der Waals surface area contributed by atoms with Crippen molar-refractivity contribution < 1.29 is 17.9 Å². The molecule has 0 saturated heterocycles. The Bertz CT molecular complexity index is 1130. The minimum atomic E-state index is -4.59. The SMILES string of the molecule is CC(C)(C)Oc1ccc(Nc2ncc(C(F)(F)F)c(Nc3ccccc3C3CCCCC3)n2)cc1. The van der Waals surface area contributed by atoms with E-state index in [1.165, 1.54) is 6.42 Å². The molecule has 35 heavy (non-hydrogen) atoms. The van der Waals surface area contributed by atoms with Gasteiger partial charge in [0, 0.05) is 17.6 Å². The Kier molecular flexibility index (Phi) is 7.19. The number of hydrogen-bond donors (Lipinski definition) is 2. The lowest BCUT2D eigenvalue weighted by Gasteiger charge is -2.25. The normalized spacial score (nSPS) is 15.0. The Labute approximate surface area is 204 Å². The van der Waals surface area contributed by atoms with Crippen LogP contribution in [0.25, 0.3) is 0 Å². The highest BCUT2D eigenvalue weighted by Gasteiger charge is 2.35. The zero-order valence-electron chi connectivity index (χ0n) is 20.2. The fourth-order valence-corrected chi connectivity index (χ4v) is 4.34. The summed E-state index contributed by atoms with van der Waals surface area (Å²) in [5, 5.41) is 5.97. The maximum atomic E-state index is 13.8. The molecule has 2 N–H and O–H groups in total. The molecule has 0 amide bonds. The lowest BCUT2D eigenvalue weighted by Crippen LogP contribution is -2.22. The van der Waals surface area contributed by atoms with Gasteiger partial charge in [-0.05, 0) is 75.4 Å². The first kappa shape index (κ1) is 24.8. The van der Waals surface area contributed by atoms with Crippen molar-refractivity contribution in [1.29, 1.82) is 0 Å². The monoisotopic (exact) mass is 484 g/mol. The van der Waals surface area contributed by atoms with E-state index in [4.69, 9.17) is 4.74 Å². The molecular formula is C27H31F3N4O.